The van der Waals surface area contributed by atoms with E-state index in [-0.39, 0.29) is 11.1 Å². The number of likely N-dealkylation sites (N-methyl/N-ethyl adjacent to an activating group) is 1. The predicted molar refractivity (Wildman–Crippen MR) is 59.3 cm³/mol. The highest BCUT2D eigenvalue weighted by Gasteiger charge is 2.31. The van der Waals surface area contributed by atoms with Crippen LogP contribution in [0, 0.1) is 0 Å². The first-order valence-corrected chi connectivity index (χ1v) is 5.08. The molecule has 0 atom stereocenters. The predicted octanol–water partition coefficient (Wildman–Crippen LogP) is 1.44. The maximum Gasteiger partial charge on any atom is 0.419 e. The van der Waals surface area contributed by atoms with Crippen molar-refractivity contribution in [2.24, 2.45) is 7.05 Å². The Kier molecular flexibility index (Phi) is 2.74. The van der Waals surface area contributed by atoms with Gasteiger partial charge in [0.25, 0.3) is 5.92 Å². The number of aryl methyl sites for hydroxylation is 1. The second-order valence-corrected chi connectivity index (χ2v) is 3.84. The fourth-order valence-electron chi connectivity index (χ4n) is 1.69. The summed E-state index contributed by atoms with van der Waals surface area (Å²) in [5.74, 6) is -3.55. The lowest BCUT2D eigenvalue weighted by Crippen LogP contribution is -2.27. The van der Waals surface area contributed by atoms with Gasteiger partial charge >= 0.3 is 5.76 Å². The second-order valence-electron chi connectivity index (χ2n) is 3.84. The lowest BCUT2D eigenvalue weighted by Gasteiger charge is -2.15. The molecule has 0 fully saturated rings. The van der Waals surface area contributed by atoms with Crippen LogP contribution in [0.1, 0.15) is 5.56 Å². The number of nitrogens with zero attached hydrogens (tertiary/aromatic N) is 1. The standard InChI is InChI=1S/C11H12F2N2O2/c1-14-6-11(12,13)7-3-4-8-9(5-7)17-10(16)15(8)2/h3-5,14H,6H2,1-2H3. The molecule has 0 saturated heterocycles. The number of hydrogen-bond donors (Lipinski definition) is 1. The van der Waals surface area contributed by atoms with E-state index in [1.165, 1.54) is 36.9 Å². The summed E-state index contributed by atoms with van der Waals surface area (Å²) in [6.07, 6.45) is 0. The number of nitrogens with one attached hydrogen (secondary N) is 1. The lowest BCUT2D eigenvalue weighted by atomic mass is 10.1. The molecular weight excluding hydrogens is 230 g/mol. The molecule has 0 aliphatic rings. The highest BCUT2D eigenvalue weighted by atomic mass is 19.3. The Bertz CT molecular complexity index is 601. The van der Waals surface area contributed by atoms with Crippen molar-refractivity contribution in [2.75, 3.05) is 13.6 Å². The normalized spacial score (nSPS) is 12.2. The number of oxazole rings is 1. The maximum absolute atomic E-state index is 13.6. The van der Waals surface area contributed by atoms with Gasteiger partial charge in [0.15, 0.2) is 5.58 Å². The molecule has 17 heavy (non-hydrogen) atoms. The van der Waals surface area contributed by atoms with Crippen LogP contribution in [0.2, 0.25) is 0 Å². The molecule has 1 aromatic heterocycles. The largest absolute Gasteiger partial charge is 0.419 e. The van der Waals surface area contributed by atoms with Crippen molar-refractivity contribution < 1.29 is 13.2 Å². The van der Waals surface area contributed by atoms with Crippen molar-refractivity contribution in [1.82, 2.24) is 9.88 Å². The fourth-order valence-corrected chi connectivity index (χ4v) is 1.69. The molecule has 0 aliphatic carbocycles. The molecule has 0 unspecified atom stereocenters. The summed E-state index contributed by atoms with van der Waals surface area (Å²) in [6, 6.07) is 3.96. The number of aromatic nitrogens is 1. The van der Waals surface area contributed by atoms with E-state index in [2.05, 4.69) is 5.32 Å². The molecule has 0 spiro atoms. The summed E-state index contributed by atoms with van der Waals surface area (Å²) in [6.45, 7) is -0.463. The minimum Gasteiger partial charge on any atom is -0.408 e. The van der Waals surface area contributed by atoms with Gasteiger partial charge in [-0.2, -0.15) is 8.78 Å². The number of rotatable bonds is 3. The average molecular weight is 242 g/mol. The van der Waals surface area contributed by atoms with Gasteiger partial charge in [-0.3, -0.25) is 4.57 Å². The molecule has 92 valence electrons. The summed E-state index contributed by atoms with van der Waals surface area (Å²) in [5.41, 5.74) is 0.499. The van der Waals surface area contributed by atoms with Gasteiger partial charge in [0.05, 0.1) is 12.1 Å². The van der Waals surface area contributed by atoms with Gasteiger partial charge in [-0.15, -0.1) is 0 Å². The third kappa shape index (κ3) is 1.95. The van der Waals surface area contributed by atoms with Crippen LogP contribution < -0.4 is 11.1 Å². The quantitative estimate of drug-likeness (QED) is 0.886. The molecule has 0 bridgehead atoms. The molecule has 1 aromatic carbocycles. The van der Waals surface area contributed by atoms with Crippen molar-refractivity contribution in [3.8, 4) is 0 Å². The van der Waals surface area contributed by atoms with Crippen molar-refractivity contribution in [1.29, 1.82) is 0 Å². The van der Waals surface area contributed by atoms with Gasteiger partial charge in [-0.05, 0) is 19.2 Å². The second kappa shape index (κ2) is 3.96. The smallest absolute Gasteiger partial charge is 0.408 e. The molecule has 4 nitrogen and oxygen atoms in total. The number of benzene rings is 1. The average Bonchev–Trinajstić information content (AvgIpc) is 2.54. The van der Waals surface area contributed by atoms with Crippen LogP contribution in [0.15, 0.2) is 27.4 Å². The highest BCUT2D eigenvalue weighted by molar-refractivity contribution is 5.73. The SMILES string of the molecule is CNCC(F)(F)c1ccc2c(c1)oc(=O)n2C. The molecule has 1 heterocycles. The van der Waals surface area contributed by atoms with Gasteiger partial charge in [0.2, 0.25) is 0 Å². The number of fused-ring (bicyclic) bond motifs is 1. The molecule has 2 aromatic rings. The van der Waals surface area contributed by atoms with Gasteiger partial charge in [-0.25, -0.2) is 4.79 Å². The van der Waals surface area contributed by atoms with Crippen molar-refractivity contribution in [3.05, 3.63) is 34.3 Å². The zero-order valence-electron chi connectivity index (χ0n) is 9.46. The summed E-state index contributed by atoms with van der Waals surface area (Å²) in [7, 11) is 2.98. The summed E-state index contributed by atoms with van der Waals surface area (Å²) in [4.78, 5) is 11.2. The number of alkyl halides is 2. The van der Waals surface area contributed by atoms with E-state index in [4.69, 9.17) is 4.42 Å². The molecular formula is C11H12F2N2O2. The van der Waals surface area contributed by atoms with Crippen molar-refractivity contribution in [2.45, 2.75) is 5.92 Å². The van der Waals surface area contributed by atoms with E-state index in [0.717, 1.165) is 0 Å². The van der Waals surface area contributed by atoms with Gasteiger partial charge < -0.3 is 9.73 Å². The third-order valence-corrected chi connectivity index (χ3v) is 2.61. The Morgan fingerprint density at radius 3 is 2.82 bits per heavy atom. The van der Waals surface area contributed by atoms with Crippen LogP contribution in [0.4, 0.5) is 8.78 Å². The lowest BCUT2D eigenvalue weighted by molar-refractivity contribution is -0.00119. The van der Waals surface area contributed by atoms with Crippen molar-refractivity contribution in [3.63, 3.8) is 0 Å². The fraction of sp³-hybridized carbons (Fsp3) is 0.364. The molecule has 0 saturated carbocycles. The highest BCUT2D eigenvalue weighted by Crippen LogP contribution is 2.29. The van der Waals surface area contributed by atoms with Crippen LogP contribution in [0.25, 0.3) is 11.1 Å². The van der Waals surface area contributed by atoms with Gasteiger partial charge in [0.1, 0.15) is 0 Å². The third-order valence-electron chi connectivity index (χ3n) is 2.61. The minimum atomic E-state index is -2.99. The maximum atomic E-state index is 13.6. The Hall–Kier alpha value is -1.69. The molecule has 0 aliphatic heterocycles. The molecule has 1 N–H and O–H groups in total. The van der Waals surface area contributed by atoms with E-state index >= 15 is 0 Å². The summed E-state index contributed by atoms with van der Waals surface area (Å²) in [5, 5.41) is 2.42. The van der Waals surface area contributed by atoms with Crippen molar-refractivity contribution >= 4 is 11.1 Å². The Balaban J connectivity index is 2.55. The van der Waals surface area contributed by atoms with E-state index in [1.54, 1.807) is 0 Å². The monoisotopic (exact) mass is 242 g/mol. The number of halogens is 2. The first kappa shape index (κ1) is 11.8. The Morgan fingerprint density at radius 2 is 2.18 bits per heavy atom. The number of hydrogen-bond acceptors (Lipinski definition) is 3. The Morgan fingerprint density at radius 1 is 1.47 bits per heavy atom. The van der Waals surface area contributed by atoms with Crippen LogP contribution in [-0.4, -0.2) is 18.2 Å². The minimum absolute atomic E-state index is 0.172. The van der Waals surface area contributed by atoms with Crippen LogP contribution >= 0.6 is 0 Å². The summed E-state index contributed by atoms with van der Waals surface area (Å²) < 4.78 is 33.3. The van der Waals surface area contributed by atoms with Crippen LogP contribution in [0.5, 0.6) is 0 Å². The van der Waals surface area contributed by atoms with E-state index < -0.39 is 18.2 Å². The zero-order chi connectivity index (χ0) is 12.6. The molecule has 0 amide bonds. The van der Waals surface area contributed by atoms with Crippen LogP contribution in [-0.2, 0) is 13.0 Å². The van der Waals surface area contributed by atoms with E-state index in [0.29, 0.717) is 5.52 Å². The van der Waals surface area contributed by atoms with Crippen LogP contribution in [0.3, 0.4) is 0 Å². The molecule has 6 heteroatoms. The van der Waals surface area contributed by atoms with Gasteiger partial charge in [-0.1, -0.05) is 6.07 Å². The molecule has 2 rings (SSSR count). The first-order valence-electron chi connectivity index (χ1n) is 5.08. The van der Waals surface area contributed by atoms with E-state index in [1.807, 2.05) is 0 Å². The zero-order valence-corrected chi connectivity index (χ0v) is 9.46. The van der Waals surface area contributed by atoms with Gasteiger partial charge in [0, 0.05) is 12.6 Å². The first-order chi connectivity index (χ1) is 7.95. The summed E-state index contributed by atoms with van der Waals surface area (Å²) >= 11 is 0. The Labute approximate surface area is 95.8 Å². The topological polar surface area (TPSA) is 47.2 Å². The molecule has 0 radical (unpaired) electrons. The van der Waals surface area contributed by atoms with E-state index in [9.17, 15) is 13.6 Å².